The number of hydrogen-bond donors (Lipinski definition) is 0. The van der Waals surface area contributed by atoms with Gasteiger partial charge >= 0.3 is 0 Å². The number of aromatic nitrogens is 2. The molecule has 1 saturated carbocycles. The van der Waals surface area contributed by atoms with E-state index in [1.54, 1.807) is 17.0 Å². The number of likely N-dealkylation sites (tertiary alicyclic amines) is 1. The van der Waals surface area contributed by atoms with Crippen molar-refractivity contribution in [3.8, 4) is 0 Å². The molecular weight excluding hydrogens is 314 g/mol. The lowest BCUT2D eigenvalue weighted by atomic mass is 10.2. The topological polar surface area (TPSA) is 76.3 Å². The second-order valence-electron chi connectivity index (χ2n) is 6.14. The molecule has 0 unspecified atom stereocenters. The van der Waals surface area contributed by atoms with Crippen molar-refractivity contribution >= 4 is 23.0 Å². The Hall–Kier alpha value is -2.02. The van der Waals surface area contributed by atoms with Crippen LogP contribution in [0.3, 0.4) is 0 Å². The molecule has 0 spiro atoms. The minimum absolute atomic E-state index is 0.0157. The lowest BCUT2D eigenvalue weighted by molar-refractivity contribution is 0.0715. The number of Topliss-reactive ketones (excluding diaryl/α,β-unsaturated/α-hetero) is 1. The molecule has 6 nitrogen and oxygen atoms in total. The molecule has 1 aliphatic heterocycles. The highest BCUT2D eigenvalue weighted by atomic mass is 32.1. The van der Waals surface area contributed by atoms with Crippen LogP contribution < -0.4 is 0 Å². The molecule has 0 N–H and O–H groups in total. The summed E-state index contributed by atoms with van der Waals surface area (Å²) in [5.74, 6) is 1.68. The van der Waals surface area contributed by atoms with Crippen LogP contribution in [0, 0.1) is 0 Å². The Morgan fingerprint density at radius 1 is 1.26 bits per heavy atom. The summed E-state index contributed by atoms with van der Waals surface area (Å²) >= 11 is 1.25. The third-order valence-corrected chi connectivity index (χ3v) is 5.54. The minimum atomic E-state index is -0.148. The number of carbonyl (C=O) groups excluding carboxylic acids is 2. The molecule has 0 bridgehead atoms. The second-order valence-corrected chi connectivity index (χ2v) is 7.23. The Kier molecular flexibility index (Phi) is 3.52. The van der Waals surface area contributed by atoms with Gasteiger partial charge in [-0.15, -0.1) is 11.3 Å². The molecule has 7 heteroatoms. The van der Waals surface area contributed by atoms with Gasteiger partial charge in [0.1, 0.15) is 6.04 Å². The van der Waals surface area contributed by atoms with Crippen LogP contribution in [-0.2, 0) is 0 Å². The summed E-state index contributed by atoms with van der Waals surface area (Å²) in [5, 5.41) is 4.05. The van der Waals surface area contributed by atoms with E-state index in [2.05, 4.69) is 10.1 Å². The largest absolute Gasteiger partial charge is 0.337 e. The summed E-state index contributed by atoms with van der Waals surface area (Å²) in [5.41, 5.74) is 0. The van der Waals surface area contributed by atoms with Crippen LogP contribution in [0.2, 0.25) is 0 Å². The third kappa shape index (κ3) is 2.69. The molecule has 0 radical (unpaired) electrons. The smallest absolute Gasteiger partial charge is 0.264 e. The molecule has 3 heterocycles. The van der Waals surface area contributed by atoms with E-state index in [9.17, 15) is 9.59 Å². The normalized spacial score (nSPS) is 20.9. The number of ketones is 1. The fourth-order valence-electron chi connectivity index (χ4n) is 2.94. The van der Waals surface area contributed by atoms with Crippen molar-refractivity contribution in [3.05, 3.63) is 33.6 Å². The van der Waals surface area contributed by atoms with Gasteiger partial charge in [0.15, 0.2) is 11.6 Å². The fraction of sp³-hybridized carbons (Fsp3) is 0.500. The average molecular weight is 331 g/mol. The molecule has 1 aliphatic carbocycles. The molecule has 4 rings (SSSR count). The van der Waals surface area contributed by atoms with E-state index in [0.29, 0.717) is 28.1 Å². The van der Waals surface area contributed by atoms with Crippen LogP contribution >= 0.6 is 11.3 Å². The molecule has 2 aromatic rings. The van der Waals surface area contributed by atoms with Gasteiger partial charge in [-0.1, -0.05) is 5.16 Å². The summed E-state index contributed by atoms with van der Waals surface area (Å²) in [6.07, 6.45) is 4.00. The molecule has 1 saturated heterocycles. The van der Waals surface area contributed by atoms with Crippen LogP contribution in [0.15, 0.2) is 16.7 Å². The van der Waals surface area contributed by atoms with E-state index in [0.717, 1.165) is 31.5 Å². The van der Waals surface area contributed by atoms with Crippen molar-refractivity contribution < 1.29 is 14.1 Å². The zero-order valence-corrected chi connectivity index (χ0v) is 13.6. The van der Waals surface area contributed by atoms with Gasteiger partial charge in [-0.05, 0) is 44.7 Å². The van der Waals surface area contributed by atoms with E-state index in [-0.39, 0.29) is 17.7 Å². The first-order valence-corrected chi connectivity index (χ1v) is 8.70. The van der Waals surface area contributed by atoms with E-state index in [4.69, 9.17) is 4.52 Å². The van der Waals surface area contributed by atoms with Crippen molar-refractivity contribution in [2.75, 3.05) is 6.54 Å². The highest BCUT2D eigenvalue weighted by Crippen LogP contribution is 2.40. The van der Waals surface area contributed by atoms with Gasteiger partial charge in [0.2, 0.25) is 5.89 Å². The van der Waals surface area contributed by atoms with Crippen molar-refractivity contribution in [2.24, 2.45) is 0 Å². The Morgan fingerprint density at radius 3 is 2.74 bits per heavy atom. The molecule has 0 aromatic carbocycles. The number of carbonyl (C=O) groups is 2. The van der Waals surface area contributed by atoms with Crippen LogP contribution in [-0.4, -0.2) is 33.3 Å². The highest BCUT2D eigenvalue weighted by molar-refractivity contribution is 7.15. The Labute approximate surface area is 137 Å². The van der Waals surface area contributed by atoms with E-state index in [1.807, 2.05) is 0 Å². The Bertz CT molecular complexity index is 762. The first-order valence-electron chi connectivity index (χ1n) is 7.88. The molecular formula is C16H17N3O3S. The Morgan fingerprint density at radius 2 is 2.04 bits per heavy atom. The molecule has 2 aliphatic rings. The van der Waals surface area contributed by atoms with Gasteiger partial charge in [-0.25, -0.2) is 0 Å². The molecule has 1 atom stereocenters. The minimum Gasteiger partial charge on any atom is -0.337 e. The first-order chi connectivity index (χ1) is 11.1. The van der Waals surface area contributed by atoms with Gasteiger partial charge in [-0.2, -0.15) is 4.98 Å². The average Bonchev–Trinajstić information content (AvgIpc) is 3.02. The van der Waals surface area contributed by atoms with Crippen LogP contribution in [0.25, 0.3) is 0 Å². The van der Waals surface area contributed by atoms with Crippen LogP contribution in [0.1, 0.15) is 75.6 Å². The van der Waals surface area contributed by atoms with Crippen molar-refractivity contribution in [2.45, 2.75) is 44.6 Å². The SMILES string of the molecule is CC(=O)c1ccc(C(=O)N2CCC[C@H]2c2nc(C3CC3)no2)s1. The van der Waals surface area contributed by atoms with Gasteiger partial charge in [0.05, 0.1) is 9.75 Å². The zero-order valence-electron chi connectivity index (χ0n) is 12.8. The maximum atomic E-state index is 12.8. The standard InChI is InChI=1S/C16H17N3O3S/c1-9(20)12-6-7-13(23-12)16(21)19-8-2-3-11(19)15-17-14(18-22-15)10-4-5-10/h6-7,10-11H,2-5,8H2,1H3/t11-/m0/s1. The highest BCUT2D eigenvalue weighted by Gasteiger charge is 2.37. The summed E-state index contributed by atoms with van der Waals surface area (Å²) < 4.78 is 5.40. The van der Waals surface area contributed by atoms with Gasteiger partial charge in [-0.3, -0.25) is 9.59 Å². The fourth-order valence-corrected chi connectivity index (χ4v) is 3.80. The van der Waals surface area contributed by atoms with E-state index in [1.165, 1.54) is 18.3 Å². The third-order valence-electron chi connectivity index (χ3n) is 4.36. The molecule has 1 amide bonds. The van der Waals surface area contributed by atoms with Crippen molar-refractivity contribution in [3.63, 3.8) is 0 Å². The number of nitrogens with zero attached hydrogens (tertiary/aromatic N) is 3. The molecule has 23 heavy (non-hydrogen) atoms. The summed E-state index contributed by atoms with van der Waals surface area (Å²) in [4.78, 5) is 31.6. The number of amides is 1. The molecule has 2 fully saturated rings. The van der Waals surface area contributed by atoms with E-state index < -0.39 is 0 Å². The van der Waals surface area contributed by atoms with Crippen LogP contribution in [0.5, 0.6) is 0 Å². The van der Waals surface area contributed by atoms with Gasteiger partial charge in [0.25, 0.3) is 5.91 Å². The lowest BCUT2D eigenvalue weighted by Gasteiger charge is -2.21. The van der Waals surface area contributed by atoms with Crippen LogP contribution in [0.4, 0.5) is 0 Å². The predicted octanol–water partition coefficient (Wildman–Crippen LogP) is 3.19. The first kappa shape index (κ1) is 14.6. The maximum absolute atomic E-state index is 12.8. The molecule has 120 valence electrons. The molecule has 2 aromatic heterocycles. The Balaban J connectivity index is 1.55. The maximum Gasteiger partial charge on any atom is 0.264 e. The van der Waals surface area contributed by atoms with Gasteiger partial charge < -0.3 is 9.42 Å². The number of rotatable bonds is 4. The lowest BCUT2D eigenvalue weighted by Crippen LogP contribution is -2.30. The van der Waals surface area contributed by atoms with Crippen molar-refractivity contribution in [1.82, 2.24) is 15.0 Å². The zero-order chi connectivity index (χ0) is 16.0. The van der Waals surface area contributed by atoms with E-state index >= 15 is 0 Å². The van der Waals surface area contributed by atoms with Gasteiger partial charge in [0, 0.05) is 12.5 Å². The second kappa shape index (κ2) is 5.56. The number of hydrogen-bond acceptors (Lipinski definition) is 6. The predicted molar refractivity (Wildman–Crippen MR) is 83.6 cm³/mol. The summed E-state index contributed by atoms with van der Waals surface area (Å²) in [7, 11) is 0. The number of thiophene rings is 1. The quantitative estimate of drug-likeness (QED) is 0.804. The summed E-state index contributed by atoms with van der Waals surface area (Å²) in [6.45, 7) is 2.19. The summed E-state index contributed by atoms with van der Waals surface area (Å²) in [6, 6.07) is 3.29. The van der Waals surface area contributed by atoms with Crippen molar-refractivity contribution in [1.29, 1.82) is 0 Å². The monoisotopic (exact) mass is 331 g/mol.